The molecule has 0 bridgehead atoms. The molecule has 7 heteroatoms. The van der Waals surface area contributed by atoms with Gasteiger partial charge in [0.15, 0.2) is 0 Å². The minimum absolute atomic E-state index is 0.296. The second-order valence-corrected chi connectivity index (χ2v) is 4.73. The maximum absolute atomic E-state index is 12.3. The monoisotopic (exact) mass is 268 g/mol. The number of carboxylic acids is 1. The summed E-state index contributed by atoms with van der Waals surface area (Å²) in [5.74, 6) is -1.32. The molecule has 0 spiro atoms. The molecule has 1 heterocycles. The first-order valence-corrected chi connectivity index (χ1v) is 5.97. The van der Waals surface area contributed by atoms with E-state index < -0.39 is 5.97 Å². The van der Waals surface area contributed by atoms with Crippen molar-refractivity contribution in [2.45, 2.75) is 6.92 Å². The molecule has 1 N–H and O–H groups in total. The number of aromatic nitrogens is 2. The maximum atomic E-state index is 12.3. The molecule has 0 fully saturated rings. The molecule has 0 aliphatic carbocycles. The van der Waals surface area contributed by atoms with Crippen LogP contribution in [0.3, 0.4) is 0 Å². The topological polar surface area (TPSA) is 78.7 Å². The summed E-state index contributed by atoms with van der Waals surface area (Å²) >= 11 is 0. The Morgan fingerprint density at radius 3 is 2.42 bits per heavy atom. The third-order valence-corrected chi connectivity index (χ3v) is 2.67. The van der Waals surface area contributed by atoms with Crippen LogP contribution in [-0.4, -0.2) is 70.3 Å². The van der Waals surface area contributed by atoms with Gasteiger partial charge >= 0.3 is 5.97 Å². The molecule has 0 unspecified atom stereocenters. The first-order chi connectivity index (χ1) is 8.81. The van der Waals surface area contributed by atoms with Gasteiger partial charge in [0.05, 0.1) is 11.3 Å². The Morgan fingerprint density at radius 2 is 2.00 bits per heavy atom. The zero-order chi connectivity index (χ0) is 14.6. The van der Waals surface area contributed by atoms with Crippen LogP contribution in [0.1, 0.15) is 16.1 Å². The molecule has 7 nitrogen and oxygen atoms in total. The van der Waals surface area contributed by atoms with Crippen molar-refractivity contribution in [1.82, 2.24) is 19.6 Å². The predicted octanol–water partition coefficient (Wildman–Crippen LogP) is -0.183. The zero-order valence-electron chi connectivity index (χ0n) is 11.8. The third kappa shape index (κ3) is 4.36. The molecule has 19 heavy (non-hydrogen) atoms. The maximum Gasteiger partial charge on any atom is 0.323 e. The van der Waals surface area contributed by atoms with Gasteiger partial charge in [-0.2, -0.15) is 5.10 Å². The number of aryl methyl sites for hydroxylation is 2. The fourth-order valence-corrected chi connectivity index (χ4v) is 1.72. The number of rotatable bonds is 6. The fraction of sp³-hybridized carbons (Fsp3) is 0.583. The number of carbonyl (C=O) groups excluding carboxylic acids is 1. The molecule has 0 aliphatic rings. The largest absolute Gasteiger partial charge is 0.480 e. The summed E-state index contributed by atoms with van der Waals surface area (Å²) in [6, 6.07) is 0. The lowest BCUT2D eigenvalue weighted by Gasteiger charge is -2.22. The van der Waals surface area contributed by atoms with Crippen LogP contribution in [0.4, 0.5) is 0 Å². The summed E-state index contributed by atoms with van der Waals surface area (Å²) in [7, 11) is 5.47. The molecule has 1 aromatic heterocycles. The highest BCUT2D eigenvalue weighted by Gasteiger charge is 2.21. The summed E-state index contributed by atoms with van der Waals surface area (Å²) in [5.41, 5.74) is 1.05. The van der Waals surface area contributed by atoms with E-state index in [2.05, 4.69) is 5.10 Å². The molecule has 1 amide bonds. The summed E-state index contributed by atoms with van der Waals surface area (Å²) in [6.45, 7) is 2.41. The minimum Gasteiger partial charge on any atom is -0.480 e. The molecule has 0 saturated heterocycles. The first-order valence-electron chi connectivity index (χ1n) is 5.97. The van der Waals surface area contributed by atoms with Crippen molar-refractivity contribution in [3.8, 4) is 0 Å². The second-order valence-electron chi connectivity index (χ2n) is 4.73. The quantitative estimate of drug-likeness (QED) is 0.774. The van der Waals surface area contributed by atoms with Crippen LogP contribution in [-0.2, 0) is 11.8 Å². The van der Waals surface area contributed by atoms with Crippen LogP contribution in [0.2, 0.25) is 0 Å². The van der Waals surface area contributed by atoms with Crippen LogP contribution in [0, 0.1) is 6.92 Å². The van der Waals surface area contributed by atoms with Crippen LogP contribution >= 0.6 is 0 Å². The summed E-state index contributed by atoms with van der Waals surface area (Å²) in [4.78, 5) is 26.4. The lowest BCUT2D eigenvalue weighted by atomic mass is 10.2. The predicted molar refractivity (Wildman–Crippen MR) is 70.0 cm³/mol. The van der Waals surface area contributed by atoms with Gasteiger partial charge in [0.25, 0.3) is 5.91 Å². The average molecular weight is 268 g/mol. The van der Waals surface area contributed by atoms with Crippen molar-refractivity contribution in [3.05, 3.63) is 17.5 Å². The van der Waals surface area contributed by atoms with Gasteiger partial charge in [-0.25, -0.2) is 0 Å². The van der Waals surface area contributed by atoms with Gasteiger partial charge in [-0.15, -0.1) is 0 Å². The Bertz CT molecular complexity index is 468. The molecule has 0 atom stereocenters. The Kier molecular flexibility index (Phi) is 5.05. The molecular formula is C12H20N4O3. The van der Waals surface area contributed by atoms with Gasteiger partial charge in [-0.1, -0.05) is 0 Å². The van der Waals surface area contributed by atoms with Crippen molar-refractivity contribution in [1.29, 1.82) is 0 Å². The van der Waals surface area contributed by atoms with Crippen LogP contribution in [0.15, 0.2) is 6.20 Å². The standard InChI is InChI=1S/C12H20N4O3/c1-9-10(7-15(4)13-9)12(19)16(8-11(17)18)6-5-14(2)3/h7H,5-6,8H2,1-4H3,(H,17,18). The van der Waals surface area contributed by atoms with Gasteiger partial charge in [0.1, 0.15) is 6.54 Å². The lowest BCUT2D eigenvalue weighted by molar-refractivity contribution is -0.137. The Balaban J connectivity index is 2.87. The van der Waals surface area contributed by atoms with Crippen LogP contribution < -0.4 is 0 Å². The number of carboxylic acid groups (broad SMARTS) is 1. The highest BCUT2D eigenvalue weighted by atomic mass is 16.4. The summed E-state index contributed by atoms with van der Waals surface area (Å²) in [6.07, 6.45) is 1.61. The number of carbonyl (C=O) groups is 2. The third-order valence-electron chi connectivity index (χ3n) is 2.67. The van der Waals surface area contributed by atoms with Crippen molar-refractivity contribution >= 4 is 11.9 Å². The van der Waals surface area contributed by atoms with Crippen LogP contribution in [0.5, 0.6) is 0 Å². The van der Waals surface area contributed by atoms with Crippen molar-refractivity contribution in [2.75, 3.05) is 33.7 Å². The highest BCUT2D eigenvalue weighted by molar-refractivity contribution is 5.96. The Morgan fingerprint density at radius 1 is 1.37 bits per heavy atom. The molecule has 0 radical (unpaired) electrons. The zero-order valence-corrected chi connectivity index (χ0v) is 11.8. The van der Waals surface area contributed by atoms with E-state index in [0.29, 0.717) is 24.3 Å². The van der Waals surface area contributed by atoms with E-state index >= 15 is 0 Å². The van der Waals surface area contributed by atoms with Crippen molar-refractivity contribution in [2.24, 2.45) is 7.05 Å². The normalized spacial score (nSPS) is 10.8. The van der Waals surface area contributed by atoms with E-state index in [1.165, 1.54) is 4.90 Å². The number of nitrogens with zero attached hydrogens (tertiary/aromatic N) is 4. The Labute approximate surface area is 112 Å². The van der Waals surface area contributed by atoms with Gasteiger partial charge < -0.3 is 14.9 Å². The van der Waals surface area contributed by atoms with E-state index in [4.69, 9.17) is 5.11 Å². The molecule has 0 aliphatic heterocycles. The van der Waals surface area contributed by atoms with E-state index in [1.54, 1.807) is 24.9 Å². The van der Waals surface area contributed by atoms with Crippen LogP contribution in [0.25, 0.3) is 0 Å². The van der Waals surface area contributed by atoms with Gasteiger partial charge in [0, 0.05) is 26.3 Å². The minimum atomic E-state index is -1.02. The van der Waals surface area contributed by atoms with E-state index in [9.17, 15) is 9.59 Å². The number of hydrogen-bond donors (Lipinski definition) is 1. The number of likely N-dealkylation sites (N-methyl/N-ethyl adjacent to an activating group) is 1. The first kappa shape index (κ1) is 15.2. The molecule has 1 aromatic rings. The number of aliphatic carboxylic acids is 1. The highest BCUT2D eigenvalue weighted by Crippen LogP contribution is 2.09. The molecule has 0 aromatic carbocycles. The van der Waals surface area contributed by atoms with Crippen molar-refractivity contribution in [3.63, 3.8) is 0 Å². The van der Waals surface area contributed by atoms with Gasteiger partial charge in [-0.3, -0.25) is 14.3 Å². The number of hydrogen-bond acceptors (Lipinski definition) is 4. The Hall–Kier alpha value is -1.89. The fourth-order valence-electron chi connectivity index (χ4n) is 1.72. The lowest BCUT2D eigenvalue weighted by Crippen LogP contribution is -2.40. The van der Waals surface area contributed by atoms with E-state index in [0.717, 1.165) is 0 Å². The number of amides is 1. The summed E-state index contributed by atoms with van der Waals surface area (Å²) in [5, 5.41) is 13.0. The van der Waals surface area contributed by atoms with E-state index in [-0.39, 0.29) is 12.5 Å². The smallest absolute Gasteiger partial charge is 0.323 e. The van der Waals surface area contributed by atoms with E-state index in [1.807, 2.05) is 19.0 Å². The molecule has 1 rings (SSSR count). The molecule has 0 saturated carbocycles. The molecule has 106 valence electrons. The summed E-state index contributed by atoms with van der Waals surface area (Å²) < 4.78 is 1.55. The van der Waals surface area contributed by atoms with Crippen molar-refractivity contribution < 1.29 is 14.7 Å². The van der Waals surface area contributed by atoms with Gasteiger partial charge in [0.2, 0.25) is 0 Å². The molecular weight excluding hydrogens is 248 g/mol. The van der Waals surface area contributed by atoms with Gasteiger partial charge in [-0.05, 0) is 21.0 Å². The SMILES string of the molecule is Cc1nn(C)cc1C(=O)N(CCN(C)C)CC(=O)O. The second kappa shape index (κ2) is 6.33. The average Bonchev–Trinajstić information content (AvgIpc) is 2.62.